The number of alkyl carbamates (subject to hydrolysis) is 1. The lowest BCUT2D eigenvalue weighted by atomic mass is 9.75. The van der Waals surface area contributed by atoms with Crippen molar-refractivity contribution in [3.05, 3.63) is 59.7 Å². The van der Waals surface area contributed by atoms with Gasteiger partial charge in [-0.1, -0.05) is 48.5 Å². The average Bonchev–Trinajstić information content (AvgIpc) is 3.49. The highest BCUT2D eigenvalue weighted by molar-refractivity contribution is 5.92. The molecule has 34 heavy (non-hydrogen) atoms. The molecule has 2 bridgehead atoms. The van der Waals surface area contributed by atoms with Crippen molar-refractivity contribution in [2.45, 2.75) is 62.1 Å². The number of nitrogens with one attached hydrogen (secondary N) is 1. The van der Waals surface area contributed by atoms with Gasteiger partial charge in [-0.05, 0) is 60.8 Å². The second kappa shape index (κ2) is 7.86. The third-order valence-corrected chi connectivity index (χ3v) is 8.39. The Morgan fingerprint density at radius 1 is 1.00 bits per heavy atom. The van der Waals surface area contributed by atoms with Crippen molar-refractivity contribution in [3.63, 3.8) is 0 Å². The van der Waals surface area contributed by atoms with Crippen LogP contribution in [0.4, 0.5) is 4.79 Å². The number of carboxylic acids is 1. The highest BCUT2D eigenvalue weighted by atomic mass is 16.5. The minimum absolute atomic E-state index is 0.0413. The Hall–Kier alpha value is -3.35. The zero-order valence-electron chi connectivity index (χ0n) is 18.9. The van der Waals surface area contributed by atoms with Gasteiger partial charge in [0, 0.05) is 18.0 Å². The number of hydrogen-bond donors (Lipinski definition) is 2. The van der Waals surface area contributed by atoms with E-state index in [9.17, 15) is 19.5 Å². The van der Waals surface area contributed by atoms with Gasteiger partial charge in [-0.25, -0.2) is 4.79 Å². The summed E-state index contributed by atoms with van der Waals surface area (Å²) in [6.45, 7) is 0.195. The number of amides is 2. The number of aliphatic carboxylic acids is 1. The van der Waals surface area contributed by atoms with E-state index in [0.29, 0.717) is 25.7 Å². The maximum atomic E-state index is 13.6. The molecule has 0 radical (unpaired) electrons. The molecule has 0 aromatic heterocycles. The first kappa shape index (κ1) is 21.2. The first-order valence-electron chi connectivity index (χ1n) is 12.2. The molecule has 2 aromatic carbocycles. The van der Waals surface area contributed by atoms with Gasteiger partial charge in [0.15, 0.2) is 0 Å². The normalized spacial score (nSPS) is 25.9. The van der Waals surface area contributed by atoms with Crippen LogP contribution in [0.5, 0.6) is 0 Å². The maximum Gasteiger partial charge on any atom is 0.408 e. The van der Waals surface area contributed by atoms with E-state index >= 15 is 0 Å². The van der Waals surface area contributed by atoms with Gasteiger partial charge in [0.2, 0.25) is 5.91 Å². The molecule has 176 valence electrons. The van der Waals surface area contributed by atoms with Crippen LogP contribution < -0.4 is 5.32 Å². The third kappa shape index (κ3) is 3.13. The SMILES string of the molecule is O=C(NC1(C(=O)N2C3CCC2C(C(=O)O)C3)CCC1)OCC1c2ccccc2-c2ccccc21. The van der Waals surface area contributed by atoms with Gasteiger partial charge in [-0.2, -0.15) is 0 Å². The molecular formula is C27H28N2O5. The van der Waals surface area contributed by atoms with Crippen molar-refractivity contribution in [2.75, 3.05) is 6.61 Å². The molecule has 2 amide bonds. The predicted molar refractivity (Wildman–Crippen MR) is 124 cm³/mol. The molecule has 2 N–H and O–H groups in total. The molecule has 3 unspecified atom stereocenters. The fraction of sp³-hybridized carbons (Fsp3) is 0.444. The molecule has 3 fully saturated rings. The summed E-state index contributed by atoms with van der Waals surface area (Å²) in [7, 11) is 0. The fourth-order valence-electron chi connectivity index (χ4n) is 6.57. The molecule has 2 aliphatic carbocycles. The van der Waals surface area contributed by atoms with Gasteiger partial charge in [0.05, 0.1) is 5.92 Å². The van der Waals surface area contributed by atoms with E-state index in [1.54, 1.807) is 4.90 Å². The lowest BCUT2D eigenvalue weighted by molar-refractivity contribution is -0.146. The van der Waals surface area contributed by atoms with Crippen LogP contribution >= 0.6 is 0 Å². The highest BCUT2D eigenvalue weighted by Crippen LogP contribution is 2.46. The Labute approximate surface area is 198 Å². The van der Waals surface area contributed by atoms with Crippen molar-refractivity contribution in [3.8, 4) is 11.1 Å². The highest BCUT2D eigenvalue weighted by Gasteiger charge is 2.57. The summed E-state index contributed by atoms with van der Waals surface area (Å²) >= 11 is 0. The Balaban J connectivity index is 1.15. The van der Waals surface area contributed by atoms with Gasteiger partial charge < -0.3 is 20.1 Å². The van der Waals surface area contributed by atoms with E-state index in [-0.39, 0.29) is 30.5 Å². The second-order valence-electron chi connectivity index (χ2n) is 10.1. The molecule has 0 spiro atoms. The minimum Gasteiger partial charge on any atom is -0.481 e. The number of hydrogen-bond acceptors (Lipinski definition) is 4. The molecule has 7 nitrogen and oxygen atoms in total. The number of carbonyl (C=O) groups is 3. The standard InChI is InChI=1S/C27H28N2O5/c30-24(31)21-14-16-10-11-23(21)29(16)25(32)27(12-5-13-27)28-26(33)34-15-22-19-8-3-1-6-17(19)18-7-2-4-9-20(18)22/h1-4,6-9,16,21-23H,5,10-15H2,(H,28,33)(H,30,31). The summed E-state index contributed by atoms with van der Waals surface area (Å²) in [6, 6.07) is 16.0. The lowest BCUT2D eigenvalue weighted by Gasteiger charge is -2.44. The summed E-state index contributed by atoms with van der Waals surface area (Å²) in [6.07, 6.45) is 3.44. The third-order valence-electron chi connectivity index (χ3n) is 8.39. The van der Waals surface area contributed by atoms with E-state index < -0.39 is 23.5 Å². The number of rotatable bonds is 5. The van der Waals surface area contributed by atoms with Crippen molar-refractivity contribution >= 4 is 18.0 Å². The van der Waals surface area contributed by atoms with E-state index in [1.807, 2.05) is 24.3 Å². The fourth-order valence-corrected chi connectivity index (χ4v) is 6.57. The van der Waals surface area contributed by atoms with Gasteiger partial charge in [0.25, 0.3) is 0 Å². The summed E-state index contributed by atoms with van der Waals surface area (Å²) in [5.74, 6) is -1.52. The number of benzene rings is 2. The maximum absolute atomic E-state index is 13.6. The molecule has 2 aliphatic heterocycles. The van der Waals surface area contributed by atoms with Crippen LogP contribution in [0, 0.1) is 5.92 Å². The van der Waals surface area contributed by atoms with E-state index in [4.69, 9.17) is 4.74 Å². The molecule has 4 aliphatic rings. The first-order chi connectivity index (χ1) is 16.5. The number of carboxylic acid groups (broad SMARTS) is 1. The van der Waals surface area contributed by atoms with Crippen LogP contribution in [0.25, 0.3) is 11.1 Å². The molecule has 1 saturated carbocycles. The summed E-state index contributed by atoms with van der Waals surface area (Å²) < 4.78 is 5.70. The quantitative estimate of drug-likeness (QED) is 0.705. The molecule has 2 saturated heterocycles. The molecular weight excluding hydrogens is 432 g/mol. The Kier molecular flexibility index (Phi) is 4.90. The summed E-state index contributed by atoms with van der Waals surface area (Å²) in [5, 5.41) is 12.4. The van der Waals surface area contributed by atoms with Crippen molar-refractivity contribution in [1.82, 2.24) is 10.2 Å². The summed E-state index contributed by atoms with van der Waals surface area (Å²) in [5.41, 5.74) is 3.63. The number of ether oxygens (including phenoxy) is 1. The Morgan fingerprint density at radius 2 is 1.65 bits per heavy atom. The zero-order valence-corrected chi connectivity index (χ0v) is 18.9. The van der Waals surface area contributed by atoms with Gasteiger partial charge in [-0.15, -0.1) is 0 Å². The van der Waals surface area contributed by atoms with Crippen molar-refractivity contribution in [2.24, 2.45) is 5.92 Å². The zero-order chi connectivity index (χ0) is 23.4. The van der Waals surface area contributed by atoms with Crippen LogP contribution in [0.1, 0.15) is 55.6 Å². The largest absolute Gasteiger partial charge is 0.481 e. The first-order valence-corrected chi connectivity index (χ1v) is 12.2. The molecule has 6 rings (SSSR count). The Morgan fingerprint density at radius 3 is 2.21 bits per heavy atom. The smallest absolute Gasteiger partial charge is 0.408 e. The van der Waals surface area contributed by atoms with Gasteiger partial charge in [-0.3, -0.25) is 9.59 Å². The molecule has 7 heteroatoms. The monoisotopic (exact) mass is 460 g/mol. The minimum atomic E-state index is -0.975. The number of carbonyl (C=O) groups excluding carboxylic acids is 2. The molecule has 2 aromatic rings. The Bertz CT molecular complexity index is 1130. The average molecular weight is 461 g/mol. The van der Waals surface area contributed by atoms with Crippen LogP contribution in [0.2, 0.25) is 0 Å². The number of nitrogens with zero attached hydrogens (tertiary/aromatic N) is 1. The summed E-state index contributed by atoms with van der Waals surface area (Å²) in [4.78, 5) is 39.9. The van der Waals surface area contributed by atoms with Gasteiger partial charge >= 0.3 is 12.1 Å². The van der Waals surface area contributed by atoms with E-state index in [1.165, 1.54) is 0 Å². The topological polar surface area (TPSA) is 95.9 Å². The number of fused-ring (bicyclic) bond motifs is 5. The van der Waals surface area contributed by atoms with Crippen molar-refractivity contribution < 1.29 is 24.2 Å². The van der Waals surface area contributed by atoms with Crippen LogP contribution in [-0.4, -0.2) is 52.2 Å². The second-order valence-corrected chi connectivity index (χ2v) is 10.1. The molecule has 2 heterocycles. The van der Waals surface area contributed by atoms with Crippen molar-refractivity contribution in [1.29, 1.82) is 0 Å². The van der Waals surface area contributed by atoms with Crippen LogP contribution in [0.15, 0.2) is 48.5 Å². The van der Waals surface area contributed by atoms with Gasteiger partial charge in [0.1, 0.15) is 12.1 Å². The molecule has 3 atom stereocenters. The lowest BCUT2D eigenvalue weighted by Crippen LogP contribution is -2.64. The van der Waals surface area contributed by atoms with Crippen LogP contribution in [-0.2, 0) is 14.3 Å². The van der Waals surface area contributed by atoms with Crippen LogP contribution in [0.3, 0.4) is 0 Å². The predicted octanol–water partition coefficient (Wildman–Crippen LogP) is 3.91. The van der Waals surface area contributed by atoms with E-state index in [2.05, 4.69) is 29.6 Å². The van der Waals surface area contributed by atoms with E-state index in [0.717, 1.165) is 35.1 Å².